The molecule has 0 radical (unpaired) electrons. The second kappa shape index (κ2) is 9.11. The van der Waals surface area contributed by atoms with E-state index in [1.54, 1.807) is 6.08 Å². The second-order valence-corrected chi connectivity index (χ2v) is 4.57. The Morgan fingerprint density at radius 3 is 2.83 bits per heavy atom. The number of carbonyl (C=O) groups is 1. The maximum atomic E-state index is 11.7. The zero-order chi connectivity index (χ0) is 13.2. The lowest BCUT2D eigenvalue weighted by Gasteiger charge is -2.26. The van der Waals surface area contributed by atoms with E-state index in [0.717, 1.165) is 45.7 Å². The van der Waals surface area contributed by atoms with E-state index in [2.05, 4.69) is 11.5 Å². The van der Waals surface area contributed by atoms with Gasteiger partial charge in [0, 0.05) is 13.1 Å². The van der Waals surface area contributed by atoms with Gasteiger partial charge >= 0.3 is 5.97 Å². The van der Waals surface area contributed by atoms with Gasteiger partial charge in [-0.1, -0.05) is 6.08 Å². The number of hydrogen-bond acceptors (Lipinski definition) is 4. The number of morpholine rings is 1. The van der Waals surface area contributed by atoms with E-state index in [1.165, 1.54) is 0 Å². The van der Waals surface area contributed by atoms with Crippen LogP contribution < -0.4 is 0 Å². The topological polar surface area (TPSA) is 38.8 Å². The molecule has 104 valence electrons. The maximum absolute atomic E-state index is 11.7. The Kier molecular flexibility index (Phi) is 7.69. The van der Waals surface area contributed by atoms with Crippen molar-refractivity contribution in [3.8, 4) is 0 Å². The van der Waals surface area contributed by atoms with Gasteiger partial charge in [0.05, 0.1) is 25.7 Å². The van der Waals surface area contributed by atoms with E-state index < -0.39 is 0 Å². The van der Waals surface area contributed by atoms with Gasteiger partial charge in [-0.15, -0.1) is 6.58 Å². The third kappa shape index (κ3) is 5.65. The van der Waals surface area contributed by atoms with Crippen molar-refractivity contribution in [2.75, 3.05) is 39.5 Å². The molecule has 4 nitrogen and oxygen atoms in total. The molecule has 1 aliphatic rings. The first-order chi connectivity index (χ1) is 8.77. The predicted molar refractivity (Wildman–Crippen MR) is 71.4 cm³/mol. The van der Waals surface area contributed by atoms with Gasteiger partial charge in [0.15, 0.2) is 0 Å². The van der Waals surface area contributed by atoms with Gasteiger partial charge in [0.25, 0.3) is 0 Å². The molecule has 0 aromatic heterocycles. The monoisotopic (exact) mass is 255 g/mol. The van der Waals surface area contributed by atoms with Crippen LogP contribution in [-0.2, 0) is 14.3 Å². The number of rotatable bonds is 8. The van der Waals surface area contributed by atoms with Crippen molar-refractivity contribution in [2.45, 2.75) is 26.2 Å². The second-order valence-electron chi connectivity index (χ2n) is 4.57. The first-order valence-electron chi connectivity index (χ1n) is 6.85. The van der Waals surface area contributed by atoms with E-state index in [1.807, 2.05) is 6.92 Å². The molecule has 1 atom stereocenters. The quantitative estimate of drug-likeness (QED) is 0.490. The number of carbonyl (C=O) groups excluding carboxylic acids is 1. The highest BCUT2D eigenvalue weighted by atomic mass is 16.5. The Hall–Kier alpha value is -0.870. The lowest BCUT2D eigenvalue weighted by atomic mass is 9.99. The van der Waals surface area contributed by atoms with Crippen molar-refractivity contribution in [3.63, 3.8) is 0 Å². The molecule has 0 aromatic carbocycles. The van der Waals surface area contributed by atoms with Gasteiger partial charge in [-0.25, -0.2) is 0 Å². The minimum Gasteiger partial charge on any atom is -0.466 e. The standard InChI is InChI=1S/C14H25NO3/c1-3-6-13(14(16)18-4-2)7-5-8-15-9-11-17-12-10-15/h3,13H,1,4-12H2,2H3/t13-/m0/s1. The normalized spacial score (nSPS) is 18.3. The van der Waals surface area contributed by atoms with E-state index in [9.17, 15) is 4.79 Å². The highest BCUT2D eigenvalue weighted by molar-refractivity contribution is 5.72. The third-order valence-corrected chi connectivity index (χ3v) is 3.20. The first kappa shape index (κ1) is 15.2. The summed E-state index contributed by atoms with van der Waals surface area (Å²) in [6, 6.07) is 0. The molecule has 1 rings (SSSR count). The number of hydrogen-bond donors (Lipinski definition) is 0. The van der Waals surface area contributed by atoms with Crippen molar-refractivity contribution in [1.29, 1.82) is 0 Å². The minimum absolute atomic E-state index is 0.0245. The summed E-state index contributed by atoms with van der Waals surface area (Å²) >= 11 is 0. The maximum Gasteiger partial charge on any atom is 0.309 e. The molecule has 1 saturated heterocycles. The van der Waals surface area contributed by atoms with Crippen molar-refractivity contribution in [2.24, 2.45) is 5.92 Å². The summed E-state index contributed by atoms with van der Waals surface area (Å²) in [6.07, 6.45) is 4.41. The molecule has 0 aromatic rings. The molecule has 4 heteroatoms. The van der Waals surface area contributed by atoms with Crippen LogP contribution in [0.5, 0.6) is 0 Å². The van der Waals surface area contributed by atoms with Crippen LogP contribution >= 0.6 is 0 Å². The Bertz CT molecular complexity index is 249. The summed E-state index contributed by atoms with van der Waals surface area (Å²) in [7, 11) is 0. The van der Waals surface area contributed by atoms with Crippen LogP contribution in [0.2, 0.25) is 0 Å². The van der Waals surface area contributed by atoms with E-state index in [0.29, 0.717) is 13.0 Å². The van der Waals surface area contributed by atoms with Crippen LogP contribution in [0, 0.1) is 5.92 Å². The largest absolute Gasteiger partial charge is 0.466 e. The van der Waals surface area contributed by atoms with Crippen LogP contribution in [0.4, 0.5) is 0 Å². The van der Waals surface area contributed by atoms with Crippen LogP contribution in [-0.4, -0.2) is 50.3 Å². The molecule has 0 N–H and O–H groups in total. The van der Waals surface area contributed by atoms with Crippen LogP contribution in [0.25, 0.3) is 0 Å². The highest BCUT2D eigenvalue weighted by Gasteiger charge is 2.18. The summed E-state index contributed by atoms with van der Waals surface area (Å²) in [6.45, 7) is 10.7. The number of nitrogens with zero attached hydrogens (tertiary/aromatic N) is 1. The molecule has 1 heterocycles. The fraction of sp³-hybridized carbons (Fsp3) is 0.786. The highest BCUT2D eigenvalue weighted by Crippen LogP contribution is 2.15. The lowest BCUT2D eigenvalue weighted by molar-refractivity contribution is -0.148. The van der Waals surface area contributed by atoms with E-state index >= 15 is 0 Å². The van der Waals surface area contributed by atoms with Gasteiger partial charge < -0.3 is 9.47 Å². The fourth-order valence-corrected chi connectivity index (χ4v) is 2.18. The minimum atomic E-state index is -0.0839. The summed E-state index contributed by atoms with van der Waals surface area (Å²) < 4.78 is 10.4. The Balaban J connectivity index is 2.23. The van der Waals surface area contributed by atoms with Gasteiger partial charge in [0.2, 0.25) is 0 Å². The zero-order valence-corrected chi connectivity index (χ0v) is 11.4. The van der Waals surface area contributed by atoms with Crippen molar-refractivity contribution in [1.82, 2.24) is 4.90 Å². The SMILES string of the molecule is C=CC[C@@H](CCCN1CCOCC1)C(=O)OCC. The Labute approximate surface area is 110 Å². The molecule has 1 fully saturated rings. The van der Waals surface area contributed by atoms with Crippen LogP contribution in [0.3, 0.4) is 0 Å². The summed E-state index contributed by atoms with van der Waals surface area (Å²) in [5.74, 6) is -0.108. The summed E-state index contributed by atoms with van der Waals surface area (Å²) in [4.78, 5) is 14.1. The van der Waals surface area contributed by atoms with E-state index in [-0.39, 0.29) is 11.9 Å². The van der Waals surface area contributed by atoms with E-state index in [4.69, 9.17) is 9.47 Å². The molecule has 0 saturated carbocycles. The van der Waals surface area contributed by atoms with Crippen molar-refractivity contribution < 1.29 is 14.3 Å². The summed E-state index contributed by atoms with van der Waals surface area (Å²) in [5.41, 5.74) is 0. The van der Waals surface area contributed by atoms with Gasteiger partial charge in [-0.05, 0) is 32.7 Å². The third-order valence-electron chi connectivity index (χ3n) is 3.20. The average molecular weight is 255 g/mol. The fourth-order valence-electron chi connectivity index (χ4n) is 2.18. The Morgan fingerprint density at radius 2 is 2.22 bits per heavy atom. The Morgan fingerprint density at radius 1 is 1.50 bits per heavy atom. The summed E-state index contributed by atoms with van der Waals surface area (Å²) in [5, 5.41) is 0. The number of ether oxygens (including phenoxy) is 2. The molecule has 1 aliphatic heterocycles. The van der Waals surface area contributed by atoms with Crippen molar-refractivity contribution in [3.05, 3.63) is 12.7 Å². The van der Waals surface area contributed by atoms with Crippen LogP contribution in [0.15, 0.2) is 12.7 Å². The molecule has 0 spiro atoms. The number of esters is 1. The molecular formula is C14H25NO3. The molecule has 0 unspecified atom stereocenters. The van der Waals surface area contributed by atoms with Gasteiger partial charge in [-0.3, -0.25) is 9.69 Å². The van der Waals surface area contributed by atoms with Crippen molar-refractivity contribution >= 4 is 5.97 Å². The molecule has 0 aliphatic carbocycles. The number of allylic oxidation sites excluding steroid dienone is 1. The molecular weight excluding hydrogens is 230 g/mol. The average Bonchev–Trinajstić information content (AvgIpc) is 2.39. The van der Waals surface area contributed by atoms with Gasteiger partial charge in [0.1, 0.15) is 0 Å². The smallest absolute Gasteiger partial charge is 0.309 e. The predicted octanol–water partition coefficient (Wildman–Crippen LogP) is 1.85. The molecule has 18 heavy (non-hydrogen) atoms. The zero-order valence-electron chi connectivity index (χ0n) is 11.4. The van der Waals surface area contributed by atoms with Gasteiger partial charge in [-0.2, -0.15) is 0 Å². The lowest BCUT2D eigenvalue weighted by Crippen LogP contribution is -2.37. The first-order valence-corrected chi connectivity index (χ1v) is 6.85. The van der Waals surface area contributed by atoms with Crippen LogP contribution in [0.1, 0.15) is 26.2 Å². The molecule has 0 bridgehead atoms. The molecule has 0 amide bonds.